The first-order chi connectivity index (χ1) is 6.06. The molecule has 0 aromatic heterocycles. The van der Waals surface area contributed by atoms with E-state index in [0.29, 0.717) is 0 Å². The lowest BCUT2D eigenvalue weighted by Crippen LogP contribution is -2.15. The van der Waals surface area contributed by atoms with Crippen LogP contribution in [0.2, 0.25) is 0 Å². The quantitative estimate of drug-likeness (QED) is 0.737. The van der Waals surface area contributed by atoms with Gasteiger partial charge < -0.3 is 0 Å². The van der Waals surface area contributed by atoms with Gasteiger partial charge in [0.15, 0.2) is 0 Å². The van der Waals surface area contributed by atoms with Crippen LogP contribution in [0.1, 0.15) is 6.92 Å². The van der Waals surface area contributed by atoms with Crippen LogP contribution in [0.5, 0.6) is 0 Å². The van der Waals surface area contributed by atoms with Crippen molar-refractivity contribution in [3.8, 4) is 0 Å². The zero-order valence-electron chi connectivity index (χ0n) is 7.07. The predicted molar refractivity (Wildman–Crippen MR) is 46.3 cm³/mol. The van der Waals surface area contributed by atoms with Gasteiger partial charge in [-0.25, -0.2) is 12.8 Å². The maximum atomic E-state index is 12.4. The van der Waals surface area contributed by atoms with Crippen molar-refractivity contribution in [3.05, 3.63) is 30.1 Å². The molecule has 5 heteroatoms. The van der Waals surface area contributed by atoms with Crippen molar-refractivity contribution < 1.29 is 12.8 Å². The van der Waals surface area contributed by atoms with E-state index >= 15 is 0 Å². The van der Waals surface area contributed by atoms with Gasteiger partial charge in [-0.05, 0) is 31.2 Å². The van der Waals surface area contributed by atoms with Crippen LogP contribution in [0.3, 0.4) is 0 Å². The van der Waals surface area contributed by atoms with E-state index in [2.05, 4.69) is 4.72 Å². The highest BCUT2D eigenvalue weighted by molar-refractivity contribution is 7.89. The first-order valence-electron chi connectivity index (χ1n) is 3.75. The van der Waals surface area contributed by atoms with Crippen LogP contribution in [0.15, 0.2) is 29.2 Å². The molecule has 13 heavy (non-hydrogen) atoms. The van der Waals surface area contributed by atoms with E-state index in [1.165, 1.54) is 12.1 Å². The van der Waals surface area contributed by atoms with Crippen molar-refractivity contribution in [3.63, 3.8) is 0 Å². The molecule has 0 aliphatic carbocycles. The average Bonchev–Trinajstić information content (AvgIpc) is 2.05. The Morgan fingerprint density at radius 3 is 2.31 bits per heavy atom. The van der Waals surface area contributed by atoms with E-state index in [4.69, 9.17) is 0 Å². The number of hydrogen-bond donors (Lipinski definition) is 0. The fraction of sp³-hybridized carbons (Fsp3) is 0.250. The van der Waals surface area contributed by atoms with Crippen LogP contribution in [0.25, 0.3) is 0 Å². The van der Waals surface area contributed by atoms with Crippen molar-refractivity contribution in [2.45, 2.75) is 11.8 Å². The lowest BCUT2D eigenvalue weighted by molar-refractivity contribution is 0.581. The van der Waals surface area contributed by atoms with Crippen molar-refractivity contribution in [2.75, 3.05) is 6.54 Å². The van der Waals surface area contributed by atoms with Crippen molar-refractivity contribution in [1.29, 1.82) is 0 Å². The van der Waals surface area contributed by atoms with E-state index < -0.39 is 15.8 Å². The maximum absolute atomic E-state index is 12.4. The van der Waals surface area contributed by atoms with E-state index in [1.54, 1.807) is 6.92 Å². The van der Waals surface area contributed by atoms with E-state index in [0.717, 1.165) is 12.1 Å². The van der Waals surface area contributed by atoms with E-state index in [9.17, 15) is 12.8 Å². The van der Waals surface area contributed by atoms with Gasteiger partial charge in [0.25, 0.3) is 10.0 Å². The topological polar surface area (TPSA) is 48.2 Å². The number of hydrogen-bond acceptors (Lipinski definition) is 2. The van der Waals surface area contributed by atoms with Crippen LogP contribution in [0.4, 0.5) is 4.39 Å². The smallest absolute Gasteiger partial charge is 0.207 e. The number of sulfonamides is 1. The molecule has 0 aliphatic heterocycles. The molecular formula is C8H9FNO2S. The standard InChI is InChI=1S/C8H9FNO2S/c1-2-10-13(11,12)8-5-3-7(9)4-6-8/h3-6H,2H2,1H3. The molecule has 71 valence electrons. The van der Waals surface area contributed by atoms with E-state index in [1.807, 2.05) is 0 Å². The summed E-state index contributed by atoms with van der Waals surface area (Å²) in [4.78, 5) is 0.0238. The molecule has 0 saturated carbocycles. The Hall–Kier alpha value is -0.940. The van der Waals surface area contributed by atoms with Gasteiger partial charge in [0, 0.05) is 6.54 Å². The van der Waals surface area contributed by atoms with Crippen LogP contribution in [-0.2, 0) is 10.0 Å². The zero-order chi connectivity index (χ0) is 9.90. The highest BCUT2D eigenvalue weighted by Gasteiger charge is 2.13. The summed E-state index contributed by atoms with van der Waals surface area (Å²) in [7, 11) is -3.57. The molecule has 0 fully saturated rings. The van der Waals surface area contributed by atoms with Gasteiger partial charge in [-0.1, -0.05) is 0 Å². The van der Waals surface area contributed by atoms with Crippen LogP contribution in [-0.4, -0.2) is 15.0 Å². The molecule has 0 unspecified atom stereocenters. The minimum Gasteiger partial charge on any atom is -0.207 e. The molecule has 0 spiro atoms. The molecule has 1 aromatic rings. The van der Waals surface area contributed by atoms with Gasteiger partial charge in [0.05, 0.1) is 4.90 Å². The van der Waals surface area contributed by atoms with Gasteiger partial charge >= 0.3 is 0 Å². The van der Waals surface area contributed by atoms with Crippen molar-refractivity contribution in [1.82, 2.24) is 4.72 Å². The maximum Gasteiger partial charge on any atom is 0.256 e. The summed E-state index contributed by atoms with van der Waals surface area (Å²) in [5.41, 5.74) is 0. The van der Waals surface area contributed by atoms with Gasteiger partial charge in [-0.15, -0.1) is 4.72 Å². The third-order valence-electron chi connectivity index (χ3n) is 1.41. The third kappa shape index (κ3) is 2.50. The molecular weight excluding hydrogens is 193 g/mol. The molecule has 0 aliphatic rings. The highest BCUT2D eigenvalue weighted by Crippen LogP contribution is 2.09. The summed E-state index contributed by atoms with van der Waals surface area (Å²) in [6.45, 7) is 1.82. The number of benzene rings is 1. The average molecular weight is 202 g/mol. The van der Waals surface area contributed by atoms with Gasteiger partial charge in [-0.2, -0.15) is 0 Å². The lowest BCUT2D eigenvalue weighted by Gasteiger charge is -2.00. The van der Waals surface area contributed by atoms with E-state index in [-0.39, 0.29) is 11.4 Å². The van der Waals surface area contributed by atoms with Gasteiger partial charge in [-0.3, -0.25) is 0 Å². The van der Waals surface area contributed by atoms with Crippen LogP contribution >= 0.6 is 0 Å². The Kier molecular flexibility index (Phi) is 3.00. The van der Waals surface area contributed by atoms with Gasteiger partial charge in [0.1, 0.15) is 5.82 Å². The number of nitrogens with zero attached hydrogens (tertiary/aromatic N) is 1. The molecule has 0 amide bonds. The Balaban J connectivity index is 3.02. The van der Waals surface area contributed by atoms with Crippen molar-refractivity contribution >= 4 is 10.0 Å². The fourth-order valence-corrected chi connectivity index (χ4v) is 1.82. The Labute approximate surface area is 76.6 Å². The zero-order valence-corrected chi connectivity index (χ0v) is 7.88. The molecule has 1 radical (unpaired) electrons. The summed E-state index contributed by atoms with van der Waals surface area (Å²) >= 11 is 0. The summed E-state index contributed by atoms with van der Waals surface area (Å²) in [6.07, 6.45) is 0. The summed E-state index contributed by atoms with van der Waals surface area (Å²) in [5.74, 6) is -0.463. The first kappa shape index (κ1) is 10.1. The summed E-state index contributed by atoms with van der Waals surface area (Å²) in [5, 5.41) is 0. The Morgan fingerprint density at radius 1 is 1.31 bits per heavy atom. The molecule has 0 N–H and O–H groups in total. The second-order valence-electron chi connectivity index (χ2n) is 2.37. The predicted octanol–water partition coefficient (Wildman–Crippen LogP) is 1.14. The molecule has 1 aromatic carbocycles. The second-order valence-corrected chi connectivity index (χ2v) is 4.05. The first-order valence-corrected chi connectivity index (χ1v) is 5.19. The largest absolute Gasteiger partial charge is 0.256 e. The number of rotatable bonds is 3. The third-order valence-corrected chi connectivity index (χ3v) is 2.88. The van der Waals surface area contributed by atoms with Crippen molar-refractivity contribution in [2.24, 2.45) is 0 Å². The molecule has 0 saturated heterocycles. The molecule has 0 atom stereocenters. The molecule has 1 rings (SSSR count). The molecule has 0 heterocycles. The monoisotopic (exact) mass is 202 g/mol. The summed E-state index contributed by atoms with van der Waals surface area (Å²) in [6, 6.07) is 4.59. The van der Waals surface area contributed by atoms with Crippen LogP contribution < -0.4 is 4.72 Å². The fourth-order valence-electron chi connectivity index (χ4n) is 0.851. The Morgan fingerprint density at radius 2 is 1.85 bits per heavy atom. The molecule has 3 nitrogen and oxygen atoms in total. The SMILES string of the molecule is CC[N]S(=O)(=O)c1ccc(F)cc1. The minimum absolute atomic E-state index is 0.0238. The second kappa shape index (κ2) is 3.85. The van der Waals surface area contributed by atoms with Gasteiger partial charge in [0.2, 0.25) is 0 Å². The molecule has 0 bridgehead atoms. The Bertz CT molecular complexity index is 372. The lowest BCUT2D eigenvalue weighted by atomic mass is 10.4. The normalized spacial score (nSPS) is 11.5. The highest BCUT2D eigenvalue weighted by atomic mass is 32.2. The summed E-state index contributed by atoms with van der Waals surface area (Å²) < 4.78 is 38.4. The van der Waals surface area contributed by atoms with Crippen LogP contribution in [0, 0.1) is 5.82 Å². The minimum atomic E-state index is -3.57. The number of halogens is 1.